The average Bonchev–Trinajstić information content (AvgIpc) is 2.84. The summed E-state index contributed by atoms with van der Waals surface area (Å²) in [5.41, 5.74) is 12.9. The largest absolute Gasteiger partial charge is 0.398 e. The molecule has 1 saturated heterocycles. The molecular formula is C27H37N7O. The number of aliphatic imine (C=N–C) groups is 2. The van der Waals surface area contributed by atoms with E-state index in [1.165, 1.54) is 11.3 Å². The second-order valence-corrected chi connectivity index (χ2v) is 9.64. The SMILES string of the molecule is CC/N=C\C=C(/C)C(=N)c1cc2c(cc1N)NC(=O)N([C@@H]1CCCN(CC3=C(C)CCC=N3)C1)C2. The maximum absolute atomic E-state index is 13.0. The molecule has 0 bridgehead atoms. The van der Waals surface area contributed by atoms with Gasteiger partial charge in [-0.3, -0.25) is 20.3 Å². The molecule has 186 valence electrons. The number of carbonyl (C=O) groups excluding carboxylic acids is 1. The van der Waals surface area contributed by atoms with Crippen molar-refractivity contribution in [3.63, 3.8) is 0 Å². The van der Waals surface area contributed by atoms with Crippen LogP contribution in [-0.4, -0.2) is 66.2 Å². The minimum Gasteiger partial charge on any atom is -0.398 e. The van der Waals surface area contributed by atoms with Gasteiger partial charge in [0.15, 0.2) is 0 Å². The van der Waals surface area contributed by atoms with Gasteiger partial charge in [-0.15, -0.1) is 0 Å². The van der Waals surface area contributed by atoms with Crippen molar-refractivity contribution in [1.82, 2.24) is 9.80 Å². The summed E-state index contributed by atoms with van der Waals surface area (Å²) in [6.45, 7) is 9.97. The van der Waals surface area contributed by atoms with Crippen molar-refractivity contribution in [1.29, 1.82) is 5.41 Å². The number of likely N-dealkylation sites (tertiary alicyclic amines) is 1. The maximum atomic E-state index is 13.0. The monoisotopic (exact) mass is 475 g/mol. The van der Waals surface area contributed by atoms with Crippen LogP contribution in [0.4, 0.5) is 16.2 Å². The minimum atomic E-state index is -0.0792. The molecular weight excluding hydrogens is 438 g/mol. The molecule has 3 aliphatic heterocycles. The molecule has 35 heavy (non-hydrogen) atoms. The Balaban J connectivity index is 1.50. The van der Waals surface area contributed by atoms with Crippen molar-refractivity contribution in [2.24, 2.45) is 9.98 Å². The molecule has 0 aliphatic carbocycles. The first-order valence-electron chi connectivity index (χ1n) is 12.6. The zero-order chi connectivity index (χ0) is 24.9. The van der Waals surface area contributed by atoms with Crippen molar-refractivity contribution < 1.29 is 4.79 Å². The smallest absolute Gasteiger partial charge is 0.322 e. The van der Waals surface area contributed by atoms with Gasteiger partial charge in [0.25, 0.3) is 0 Å². The number of nitrogens with one attached hydrogen (secondary N) is 2. The van der Waals surface area contributed by atoms with Gasteiger partial charge in [0.05, 0.1) is 11.4 Å². The predicted molar refractivity (Wildman–Crippen MR) is 145 cm³/mol. The third-order valence-electron chi connectivity index (χ3n) is 7.08. The van der Waals surface area contributed by atoms with E-state index < -0.39 is 0 Å². The lowest BCUT2D eigenvalue weighted by Gasteiger charge is -2.41. The van der Waals surface area contributed by atoms with Gasteiger partial charge in [-0.25, -0.2) is 4.79 Å². The molecule has 8 nitrogen and oxygen atoms in total. The lowest BCUT2D eigenvalue weighted by Crippen LogP contribution is -2.52. The van der Waals surface area contributed by atoms with E-state index in [1.807, 2.05) is 37.1 Å². The predicted octanol–water partition coefficient (Wildman–Crippen LogP) is 4.62. The number of piperidine rings is 1. The van der Waals surface area contributed by atoms with Crippen LogP contribution in [0.15, 0.2) is 45.0 Å². The van der Waals surface area contributed by atoms with Crippen molar-refractivity contribution in [3.05, 3.63) is 46.2 Å². The standard InChI is InChI=1S/C27H37N7O/c1-4-30-11-9-19(3)26(29)22-13-20-15-34(27(35)32-24(20)14-23(22)28)21-8-6-12-33(16-21)17-25-18(2)7-5-10-31-25/h9-11,13-14,21,29H,4-8,12,15-17,28H2,1-3H3,(H,32,35)/b19-9+,29-26?,30-11-/t21-/m1/s1. The number of hydrogen-bond acceptors (Lipinski definition) is 6. The molecule has 4 N–H and O–H groups in total. The Hall–Kier alpha value is -3.26. The van der Waals surface area contributed by atoms with Crippen LogP contribution < -0.4 is 11.1 Å². The number of benzene rings is 1. The Labute approximate surface area is 208 Å². The molecule has 1 atom stereocenters. The lowest BCUT2D eigenvalue weighted by molar-refractivity contribution is 0.117. The number of amides is 2. The number of anilines is 2. The Morgan fingerprint density at radius 1 is 1.40 bits per heavy atom. The van der Waals surface area contributed by atoms with Gasteiger partial charge < -0.3 is 16.0 Å². The topological polar surface area (TPSA) is 110 Å². The molecule has 1 aromatic rings. The van der Waals surface area contributed by atoms with E-state index in [2.05, 4.69) is 27.1 Å². The van der Waals surface area contributed by atoms with Gasteiger partial charge in [0, 0.05) is 61.6 Å². The van der Waals surface area contributed by atoms with E-state index in [1.54, 1.807) is 12.3 Å². The zero-order valence-corrected chi connectivity index (χ0v) is 21.1. The molecule has 1 aromatic carbocycles. The summed E-state index contributed by atoms with van der Waals surface area (Å²) >= 11 is 0. The van der Waals surface area contributed by atoms with Crippen molar-refractivity contribution in [2.75, 3.05) is 37.2 Å². The van der Waals surface area contributed by atoms with Crippen LogP contribution in [0, 0.1) is 5.41 Å². The second kappa shape index (κ2) is 11.0. The Morgan fingerprint density at radius 3 is 3.00 bits per heavy atom. The van der Waals surface area contributed by atoms with Gasteiger partial charge in [-0.2, -0.15) is 0 Å². The summed E-state index contributed by atoms with van der Waals surface area (Å²) in [4.78, 5) is 26.3. The van der Waals surface area contributed by atoms with Gasteiger partial charge in [-0.05, 0) is 82.3 Å². The van der Waals surface area contributed by atoms with Crippen molar-refractivity contribution in [2.45, 2.75) is 59.0 Å². The van der Waals surface area contributed by atoms with E-state index in [-0.39, 0.29) is 12.1 Å². The third kappa shape index (κ3) is 5.70. The fourth-order valence-corrected chi connectivity index (χ4v) is 4.95. The summed E-state index contributed by atoms with van der Waals surface area (Å²) in [5.74, 6) is 0. The molecule has 1 fully saturated rings. The minimum absolute atomic E-state index is 0.0792. The average molecular weight is 476 g/mol. The highest BCUT2D eigenvalue weighted by atomic mass is 16.2. The van der Waals surface area contributed by atoms with Gasteiger partial charge in [-0.1, -0.05) is 5.57 Å². The maximum Gasteiger partial charge on any atom is 0.322 e. The lowest BCUT2D eigenvalue weighted by atomic mass is 9.96. The first-order chi connectivity index (χ1) is 16.9. The van der Waals surface area contributed by atoms with Crippen LogP contribution in [-0.2, 0) is 6.54 Å². The Morgan fingerprint density at radius 2 is 2.23 bits per heavy atom. The molecule has 2 amide bonds. The molecule has 8 heteroatoms. The Bertz CT molecular complexity index is 1110. The number of hydrogen-bond donors (Lipinski definition) is 3. The van der Waals surface area contributed by atoms with Crippen LogP contribution in [0.25, 0.3) is 0 Å². The highest BCUT2D eigenvalue weighted by molar-refractivity contribution is 6.15. The zero-order valence-electron chi connectivity index (χ0n) is 21.1. The summed E-state index contributed by atoms with van der Waals surface area (Å²) in [6.07, 6.45) is 9.73. The summed E-state index contributed by atoms with van der Waals surface area (Å²) < 4.78 is 0. The highest BCUT2D eigenvalue weighted by Gasteiger charge is 2.33. The number of rotatable bonds is 7. The number of urea groups is 1. The highest BCUT2D eigenvalue weighted by Crippen LogP contribution is 2.32. The van der Waals surface area contributed by atoms with Crippen LogP contribution in [0.3, 0.4) is 0 Å². The number of fused-ring (bicyclic) bond motifs is 1. The van der Waals surface area contributed by atoms with E-state index in [0.717, 1.165) is 62.1 Å². The number of carbonyl (C=O) groups is 1. The number of nitrogen functional groups attached to an aromatic ring is 1. The molecule has 0 spiro atoms. The first kappa shape index (κ1) is 24.9. The van der Waals surface area contributed by atoms with E-state index >= 15 is 0 Å². The molecule has 4 rings (SSSR count). The fourth-order valence-electron chi connectivity index (χ4n) is 4.95. The van der Waals surface area contributed by atoms with Gasteiger partial charge in [0.1, 0.15) is 0 Å². The summed E-state index contributed by atoms with van der Waals surface area (Å²) in [6, 6.07) is 3.80. The van der Waals surface area contributed by atoms with E-state index in [9.17, 15) is 4.79 Å². The van der Waals surface area contributed by atoms with Gasteiger partial charge >= 0.3 is 6.03 Å². The molecule has 3 aliphatic rings. The van der Waals surface area contributed by atoms with E-state index in [4.69, 9.17) is 11.1 Å². The number of nitrogens with zero attached hydrogens (tertiary/aromatic N) is 4. The molecule has 0 aromatic heterocycles. The van der Waals surface area contributed by atoms with Crippen LogP contribution >= 0.6 is 0 Å². The fraction of sp³-hybridized carbons (Fsp3) is 0.481. The van der Waals surface area contributed by atoms with E-state index in [0.29, 0.717) is 30.1 Å². The van der Waals surface area contributed by atoms with Gasteiger partial charge in [0.2, 0.25) is 0 Å². The molecule has 0 unspecified atom stereocenters. The van der Waals surface area contributed by atoms with Crippen molar-refractivity contribution >= 4 is 35.5 Å². The molecule has 0 radical (unpaired) electrons. The summed E-state index contributed by atoms with van der Waals surface area (Å²) in [5, 5.41) is 11.7. The summed E-state index contributed by atoms with van der Waals surface area (Å²) in [7, 11) is 0. The van der Waals surface area contributed by atoms with Crippen LogP contribution in [0.2, 0.25) is 0 Å². The molecule has 3 heterocycles. The number of nitrogens with two attached hydrogens (primary N) is 1. The number of allylic oxidation sites excluding steroid dienone is 3. The van der Waals surface area contributed by atoms with Crippen molar-refractivity contribution in [3.8, 4) is 0 Å². The van der Waals surface area contributed by atoms with Crippen LogP contribution in [0.5, 0.6) is 0 Å². The first-order valence-corrected chi connectivity index (χ1v) is 12.6. The Kier molecular flexibility index (Phi) is 7.80. The normalized spacial score (nSPS) is 21.5. The second-order valence-electron chi connectivity index (χ2n) is 9.64. The quantitative estimate of drug-likeness (QED) is 0.395. The van der Waals surface area contributed by atoms with Crippen LogP contribution in [0.1, 0.15) is 57.6 Å². The molecule has 0 saturated carbocycles. The third-order valence-corrected chi connectivity index (χ3v) is 7.08.